The van der Waals surface area contributed by atoms with E-state index in [9.17, 15) is 26.6 Å². The first-order valence-electron chi connectivity index (χ1n) is 12.1. The van der Waals surface area contributed by atoms with Crippen LogP contribution in [0.1, 0.15) is 16.7 Å². The van der Waals surface area contributed by atoms with Gasteiger partial charge in [-0.3, -0.25) is 0 Å². The molecule has 0 saturated carbocycles. The van der Waals surface area contributed by atoms with Gasteiger partial charge in [0.25, 0.3) is 0 Å². The second kappa shape index (κ2) is 11.5. The first-order valence-corrected chi connectivity index (χ1v) is 13.6. The Labute approximate surface area is 227 Å². The minimum absolute atomic E-state index is 0.0165. The van der Waals surface area contributed by atoms with Crippen LogP contribution >= 0.6 is 0 Å². The molecule has 1 fully saturated rings. The van der Waals surface area contributed by atoms with Gasteiger partial charge in [0, 0.05) is 5.56 Å². The van der Waals surface area contributed by atoms with Crippen LogP contribution in [0.25, 0.3) is 11.1 Å². The summed E-state index contributed by atoms with van der Waals surface area (Å²) in [6.07, 6.45) is -3.78. The predicted molar refractivity (Wildman–Crippen MR) is 136 cm³/mol. The maximum absolute atomic E-state index is 15.7. The summed E-state index contributed by atoms with van der Waals surface area (Å²) in [5.41, 5.74) is -4.35. The van der Waals surface area contributed by atoms with E-state index in [4.69, 9.17) is 9.52 Å². The number of hydrogen-bond donors (Lipinski definition) is 2. The van der Waals surface area contributed by atoms with Crippen LogP contribution in [0.2, 0.25) is 0 Å². The maximum atomic E-state index is 15.7. The topological polar surface area (TPSA) is 82.5 Å². The lowest BCUT2D eigenvalue weighted by atomic mass is 9.95. The maximum Gasteiger partial charge on any atom is 0.492 e. The van der Waals surface area contributed by atoms with E-state index in [-0.39, 0.29) is 23.3 Å². The molecule has 1 heterocycles. The second-order valence-corrected chi connectivity index (χ2v) is 11.2. The molecule has 1 aliphatic heterocycles. The normalized spacial score (nSPS) is 20.8. The van der Waals surface area contributed by atoms with E-state index < -0.39 is 64.4 Å². The molecule has 13 heteroatoms. The van der Waals surface area contributed by atoms with Gasteiger partial charge in [0.15, 0.2) is 0 Å². The van der Waals surface area contributed by atoms with Crippen LogP contribution in [0.5, 0.6) is 0 Å². The van der Waals surface area contributed by atoms with Gasteiger partial charge in [0.2, 0.25) is 9.92 Å². The van der Waals surface area contributed by atoms with E-state index in [0.717, 1.165) is 11.0 Å². The SMILES string of the molecule is Cc1cc(F)cc(-c2cccc(C[C@H]3[C@@H](NS(=N)(=O)C(F)(F)F)[C@@H](F)CN3C(=O)OCc3ccccc3)c2F)c1. The van der Waals surface area contributed by atoms with Gasteiger partial charge in [-0.2, -0.15) is 13.2 Å². The summed E-state index contributed by atoms with van der Waals surface area (Å²) in [6, 6.07) is 13.0. The predicted octanol–water partition coefficient (Wildman–Crippen LogP) is 6.28. The number of halogens is 6. The highest BCUT2D eigenvalue weighted by Crippen LogP contribution is 2.32. The van der Waals surface area contributed by atoms with E-state index in [1.807, 2.05) is 0 Å². The van der Waals surface area contributed by atoms with Gasteiger partial charge in [0.1, 0.15) is 24.4 Å². The van der Waals surface area contributed by atoms with Gasteiger partial charge in [-0.1, -0.05) is 54.6 Å². The molecule has 1 amide bonds. The molecular weight excluding hydrogens is 560 g/mol. The number of alkyl halides is 4. The van der Waals surface area contributed by atoms with E-state index >= 15 is 8.78 Å². The van der Waals surface area contributed by atoms with Gasteiger partial charge < -0.3 is 9.64 Å². The molecule has 6 nitrogen and oxygen atoms in total. The van der Waals surface area contributed by atoms with Gasteiger partial charge >= 0.3 is 11.6 Å². The first kappa shape index (κ1) is 29.4. The smallest absolute Gasteiger partial charge is 0.445 e. The summed E-state index contributed by atoms with van der Waals surface area (Å²) in [4.78, 5) is 13.8. The number of likely N-dealkylation sites (tertiary alicyclic amines) is 1. The lowest BCUT2D eigenvalue weighted by molar-refractivity contribution is -0.0422. The number of amides is 1. The molecule has 0 spiro atoms. The molecule has 214 valence electrons. The Morgan fingerprint density at radius 3 is 2.45 bits per heavy atom. The molecule has 0 radical (unpaired) electrons. The van der Waals surface area contributed by atoms with Crippen LogP contribution in [0.3, 0.4) is 0 Å². The Bertz CT molecular complexity index is 1460. The number of aryl methyl sites for hydroxylation is 1. The average Bonchev–Trinajstić information content (AvgIpc) is 3.17. The summed E-state index contributed by atoms with van der Waals surface area (Å²) >= 11 is 0. The van der Waals surface area contributed by atoms with E-state index in [1.165, 1.54) is 35.1 Å². The lowest BCUT2D eigenvalue weighted by Crippen LogP contribution is -2.52. The number of carbonyl (C=O) groups is 1. The fourth-order valence-electron chi connectivity index (χ4n) is 4.61. The van der Waals surface area contributed by atoms with Crippen molar-refractivity contribution in [2.75, 3.05) is 6.54 Å². The molecule has 4 rings (SSSR count). The number of nitrogens with one attached hydrogen (secondary N) is 2. The summed E-state index contributed by atoms with van der Waals surface area (Å²) in [5.74, 6) is -1.46. The molecule has 0 aromatic heterocycles. The van der Waals surface area contributed by atoms with E-state index in [2.05, 4.69) is 0 Å². The third-order valence-corrected chi connectivity index (χ3v) is 7.76. The van der Waals surface area contributed by atoms with Crippen molar-refractivity contribution in [2.45, 2.75) is 43.7 Å². The van der Waals surface area contributed by atoms with Crippen LogP contribution in [0, 0.1) is 23.3 Å². The Morgan fingerprint density at radius 2 is 1.80 bits per heavy atom. The van der Waals surface area contributed by atoms with E-state index in [0.29, 0.717) is 11.1 Å². The molecule has 3 aromatic carbocycles. The Morgan fingerprint density at radius 1 is 1.10 bits per heavy atom. The van der Waals surface area contributed by atoms with Crippen molar-refractivity contribution in [3.05, 3.63) is 95.1 Å². The van der Waals surface area contributed by atoms with Gasteiger partial charge in [-0.15, -0.1) is 0 Å². The minimum atomic E-state index is -5.53. The highest BCUT2D eigenvalue weighted by Gasteiger charge is 2.51. The van der Waals surface area contributed by atoms with Crippen LogP contribution in [-0.2, 0) is 27.7 Å². The van der Waals surface area contributed by atoms with E-state index in [1.54, 1.807) is 37.3 Å². The van der Waals surface area contributed by atoms with Crippen LogP contribution < -0.4 is 4.72 Å². The van der Waals surface area contributed by atoms with Crippen molar-refractivity contribution >= 4 is 16.0 Å². The quantitative estimate of drug-likeness (QED) is 0.320. The zero-order valence-electron chi connectivity index (χ0n) is 21.1. The average molecular weight is 586 g/mol. The number of carbonyl (C=O) groups excluding carboxylic acids is 1. The molecule has 4 atom stereocenters. The molecule has 2 N–H and O–H groups in total. The van der Waals surface area contributed by atoms with Crippen LogP contribution in [0.15, 0.2) is 66.7 Å². The van der Waals surface area contributed by atoms with Crippen molar-refractivity contribution in [1.29, 1.82) is 4.78 Å². The third-order valence-electron chi connectivity index (χ3n) is 6.50. The van der Waals surface area contributed by atoms with Gasteiger partial charge in [-0.05, 0) is 47.7 Å². The van der Waals surface area contributed by atoms with Crippen LogP contribution in [0.4, 0.5) is 31.1 Å². The number of ether oxygens (including phenoxy) is 1. The zero-order chi connectivity index (χ0) is 29.2. The fraction of sp³-hybridized carbons (Fsp3) is 0.296. The first-order chi connectivity index (χ1) is 18.8. The number of nitrogens with zero attached hydrogens (tertiary/aromatic N) is 1. The number of benzene rings is 3. The number of rotatable bonds is 7. The molecule has 1 saturated heterocycles. The van der Waals surface area contributed by atoms with Crippen molar-refractivity contribution in [1.82, 2.24) is 9.62 Å². The summed E-state index contributed by atoms with van der Waals surface area (Å²) in [5, 5.41) is 0. The molecule has 1 unspecified atom stereocenters. The largest absolute Gasteiger partial charge is 0.492 e. The Hall–Kier alpha value is -3.58. The monoisotopic (exact) mass is 585 g/mol. The summed E-state index contributed by atoms with van der Waals surface area (Å²) in [7, 11) is -5.52. The molecule has 0 bridgehead atoms. The third kappa shape index (κ3) is 6.41. The Kier molecular flexibility index (Phi) is 8.45. The summed E-state index contributed by atoms with van der Waals surface area (Å²) in [6.45, 7) is 0.647. The Balaban J connectivity index is 1.68. The van der Waals surface area contributed by atoms with Crippen molar-refractivity contribution in [2.24, 2.45) is 0 Å². The minimum Gasteiger partial charge on any atom is -0.445 e. The van der Waals surface area contributed by atoms with Crippen molar-refractivity contribution in [3.63, 3.8) is 0 Å². The zero-order valence-corrected chi connectivity index (χ0v) is 21.9. The molecule has 0 aliphatic carbocycles. The van der Waals surface area contributed by atoms with Crippen molar-refractivity contribution < 1.29 is 40.1 Å². The highest BCUT2D eigenvalue weighted by molar-refractivity contribution is 7.91. The summed E-state index contributed by atoms with van der Waals surface area (Å²) < 4.78 is 111. The van der Waals surface area contributed by atoms with Crippen molar-refractivity contribution in [3.8, 4) is 11.1 Å². The van der Waals surface area contributed by atoms with Gasteiger partial charge in [-0.25, -0.2) is 31.7 Å². The lowest BCUT2D eigenvalue weighted by Gasteiger charge is -2.29. The molecule has 1 aliphatic rings. The number of hydrogen-bond acceptors (Lipinski definition) is 4. The standard InChI is InChI=1S/C27H25F6N3O3S/c1-16-10-19(12-20(28)11-16)21-9-5-8-18(24(21)30)13-23-25(35-40(34,38)27(31,32)33)22(29)14-36(23)26(37)39-15-17-6-3-2-4-7-17/h2-12,22-23,25H,13-15H2,1H3,(H2,34,35,38)/t22-,23-,25-,40?/m0/s1. The van der Waals surface area contributed by atoms with Crippen LogP contribution in [-0.4, -0.2) is 45.5 Å². The highest BCUT2D eigenvalue weighted by atomic mass is 32.2. The molecular formula is C27H25F6N3O3S. The molecule has 3 aromatic rings. The fourth-order valence-corrected chi connectivity index (χ4v) is 5.43. The second-order valence-electron chi connectivity index (χ2n) is 9.42. The van der Waals surface area contributed by atoms with Gasteiger partial charge in [0.05, 0.1) is 18.6 Å². The molecule has 40 heavy (non-hydrogen) atoms.